The van der Waals surface area contributed by atoms with Crippen LogP contribution in [0, 0.1) is 0 Å². The molecular formula is C22H26N2O5. The minimum Gasteiger partial charge on any atom is -0.497 e. The van der Waals surface area contributed by atoms with Crippen molar-refractivity contribution in [1.82, 2.24) is 10.2 Å². The minimum absolute atomic E-state index is 0.105. The summed E-state index contributed by atoms with van der Waals surface area (Å²) in [6, 6.07) is 16.6. The van der Waals surface area contributed by atoms with Gasteiger partial charge in [0.1, 0.15) is 12.4 Å². The minimum atomic E-state index is -0.762. The van der Waals surface area contributed by atoms with E-state index in [0.717, 1.165) is 16.9 Å². The highest BCUT2D eigenvalue weighted by molar-refractivity contribution is 5.86. The highest BCUT2D eigenvalue weighted by atomic mass is 16.5. The van der Waals surface area contributed by atoms with Gasteiger partial charge in [0.15, 0.2) is 6.10 Å². The number of amides is 2. The van der Waals surface area contributed by atoms with Crippen molar-refractivity contribution in [3.63, 3.8) is 0 Å². The summed E-state index contributed by atoms with van der Waals surface area (Å²) >= 11 is 0. The summed E-state index contributed by atoms with van der Waals surface area (Å²) in [5.41, 5.74) is 1.89. The standard InChI is InChI=1S/C22H26N2O5/c1-24-19(25)15-29-21(20(24)17-6-4-3-5-7-17)22(26)23-12-13-28-14-16-8-10-18(27-2)11-9-16/h3-11,20-21H,12-15H2,1-2H3,(H,23,26). The van der Waals surface area contributed by atoms with E-state index in [1.165, 1.54) is 0 Å². The Bertz CT molecular complexity index is 810. The van der Waals surface area contributed by atoms with Gasteiger partial charge in [-0.25, -0.2) is 0 Å². The Morgan fingerprint density at radius 3 is 2.59 bits per heavy atom. The van der Waals surface area contributed by atoms with Crippen LogP contribution in [0.25, 0.3) is 0 Å². The molecule has 1 N–H and O–H groups in total. The molecule has 2 amide bonds. The quantitative estimate of drug-likeness (QED) is 0.688. The van der Waals surface area contributed by atoms with E-state index in [0.29, 0.717) is 19.8 Å². The highest BCUT2D eigenvalue weighted by Crippen LogP contribution is 2.29. The van der Waals surface area contributed by atoms with Gasteiger partial charge in [-0.05, 0) is 23.3 Å². The molecule has 1 heterocycles. The van der Waals surface area contributed by atoms with Crippen molar-refractivity contribution in [2.45, 2.75) is 18.8 Å². The first-order chi connectivity index (χ1) is 14.1. The average Bonchev–Trinajstić information content (AvgIpc) is 2.76. The van der Waals surface area contributed by atoms with Gasteiger partial charge in [-0.15, -0.1) is 0 Å². The van der Waals surface area contributed by atoms with Gasteiger partial charge < -0.3 is 24.4 Å². The smallest absolute Gasteiger partial charge is 0.251 e. The molecule has 1 aliphatic heterocycles. The Kier molecular flexibility index (Phi) is 7.21. The number of likely N-dealkylation sites (N-methyl/N-ethyl adjacent to an activating group) is 1. The van der Waals surface area contributed by atoms with Crippen molar-refractivity contribution in [1.29, 1.82) is 0 Å². The number of carbonyl (C=O) groups is 2. The Morgan fingerprint density at radius 1 is 1.17 bits per heavy atom. The zero-order valence-corrected chi connectivity index (χ0v) is 16.7. The van der Waals surface area contributed by atoms with Crippen LogP contribution in [0.15, 0.2) is 54.6 Å². The third-order valence-electron chi connectivity index (χ3n) is 4.86. The van der Waals surface area contributed by atoms with E-state index < -0.39 is 12.1 Å². The van der Waals surface area contributed by atoms with Gasteiger partial charge in [0.25, 0.3) is 5.91 Å². The molecule has 2 atom stereocenters. The number of carbonyl (C=O) groups excluding carboxylic acids is 2. The predicted octanol–water partition coefficient (Wildman–Crippen LogP) is 1.93. The van der Waals surface area contributed by atoms with Crippen LogP contribution in [0.2, 0.25) is 0 Å². The molecule has 3 rings (SSSR count). The van der Waals surface area contributed by atoms with Gasteiger partial charge in [-0.3, -0.25) is 9.59 Å². The second-order valence-electron chi connectivity index (χ2n) is 6.78. The Morgan fingerprint density at radius 2 is 1.90 bits per heavy atom. The summed E-state index contributed by atoms with van der Waals surface area (Å²) in [6.07, 6.45) is -0.762. The molecule has 1 fully saturated rings. The number of hydrogen-bond acceptors (Lipinski definition) is 5. The molecule has 154 valence electrons. The molecule has 0 bridgehead atoms. The molecule has 0 saturated carbocycles. The molecule has 2 aromatic rings. The van der Waals surface area contributed by atoms with Crippen molar-refractivity contribution in [3.05, 3.63) is 65.7 Å². The largest absolute Gasteiger partial charge is 0.497 e. The maximum Gasteiger partial charge on any atom is 0.251 e. The third-order valence-corrected chi connectivity index (χ3v) is 4.86. The fraction of sp³-hybridized carbons (Fsp3) is 0.364. The number of rotatable bonds is 8. The first kappa shape index (κ1) is 20.8. The van der Waals surface area contributed by atoms with Crippen molar-refractivity contribution in [2.24, 2.45) is 0 Å². The van der Waals surface area contributed by atoms with E-state index in [9.17, 15) is 9.59 Å². The lowest BCUT2D eigenvalue weighted by Gasteiger charge is -2.38. The number of nitrogens with zero attached hydrogens (tertiary/aromatic N) is 1. The van der Waals surface area contributed by atoms with Crippen molar-refractivity contribution in [2.75, 3.05) is 33.9 Å². The molecule has 1 saturated heterocycles. The zero-order valence-electron chi connectivity index (χ0n) is 16.7. The van der Waals surface area contributed by atoms with E-state index in [2.05, 4.69) is 5.32 Å². The average molecular weight is 398 g/mol. The maximum absolute atomic E-state index is 12.7. The van der Waals surface area contributed by atoms with E-state index in [4.69, 9.17) is 14.2 Å². The summed E-state index contributed by atoms with van der Waals surface area (Å²) in [5, 5.41) is 2.85. The van der Waals surface area contributed by atoms with Gasteiger partial charge in [0.05, 0.1) is 26.4 Å². The fourth-order valence-electron chi connectivity index (χ4n) is 3.24. The Hall–Kier alpha value is -2.90. The second kappa shape index (κ2) is 10.0. The SMILES string of the molecule is COc1ccc(COCCNC(=O)C2OCC(=O)N(C)C2c2ccccc2)cc1. The van der Waals surface area contributed by atoms with Crippen LogP contribution >= 0.6 is 0 Å². The summed E-state index contributed by atoms with van der Waals surface area (Å²) in [6.45, 7) is 1.07. The Labute approximate surface area is 170 Å². The summed E-state index contributed by atoms with van der Waals surface area (Å²) in [7, 11) is 3.32. The highest BCUT2D eigenvalue weighted by Gasteiger charge is 2.39. The maximum atomic E-state index is 12.7. The molecule has 7 nitrogen and oxygen atoms in total. The lowest BCUT2D eigenvalue weighted by atomic mass is 9.97. The van der Waals surface area contributed by atoms with Crippen LogP contribution < -0.4 is 10.1 Å². The molecule has 29 heavy (non-hydrogen) atoms. The normalized spacial score (nSPS) is 19.1. The zero-order chi connectivity index (χ0) is 20.6. The fourth-order valence-corrected chi connectivity index (χ4v) is 3.24. The van der Waals surface area contributed by atoms with E-state index in [1.54, 1.807) is 19.1 Å². The van der Waals surface area contributed by atoms with Gasteiger partial charge in [0.2, 0.25) is 5.91 Å². The summed E-state index contributed by atoms with van der Waals surface area (Å²) in [5.74, 6) is 0.391. The lowest BCUT2D eigenvalue weighted by molar-refractivity contribution is -0.162. The van der Waals surface area contributed by atoms with Crippen LogP contribution in [-0.4, -0.2) is 56.7 Å². The van der Waals surface area contributed by atoms with Gasteiger partial charge in [-0.2, -0.15) is 0 Å². The molecule has 2 unspecified atom stereocenters. The number of hydrogen-bond donors (Lipinski definition) is 1. The van der Waals surface area contributed by atoms with E-state index >= 15 is 0 Å². The molecule has 0 aliphatic carbocycles. The van der Waals surface area contributed by atoms with E-state index in [-0.39, 0.29) is 18.4 Å². The van der Waals surface area contributed by atoms with Crippen LogP contribution in [-0.2, 0) is 25.7 Å². The monoisotopic (exact) mass is 398 g/mol. The van der Waals surface area contributed by atoms with Crippen molar-refractivity contribution in [3.8, 4) is 5.75 Å². The van der Waals surface area contributed by atoms with Gasteiger partial charge in [0, 0.05) is 13.6 Å². The van der Waals surface area contributed by atoms with E-state index in [1.807, 2.05) is 54.6 Å². The third kappa shape index (κ3) is 5.34. The number of nitrogens with one attached hydrogen (secondary N) is 1. The van der Waals surface area contributed by atoms with Gasteiger partial charge in [-0.1, -0.05) is 42.5 Å². The van der Waals surface area contributed by atoms with Crippen LogP contribution in [0.1, 0.15) is 17.2 Å². The molecule has 7 heteroatoms. The molecule has 2 aromatic carbocycles. The van der Waals surface area contributed by atoms with Crippen LogP contribution in [0.3, 0.4) is 0 Å². The predicted molar refractivity (Wildman–Crippen MR) is 107 cm³/mol. The summed E-state index contributed by atoms with van der Waals surface area (Å²) < 4.78 is 16.3. The van der Waals surface area contributed by atoms with Crippen molar-refractivity contribution >= 4 is 11.8 Å². The van der Waals surface area contributed by atoms with Crippen LogP contribution in [0.4, 0.5) is 0 Å². The van der Waals surface area contributed by atoms with Gasteiger partial charge >= 0.3 is 0 Å². The number of morpholine rings is 1. The number of ether oxygens (including phenoxy) is 3. The number of methoxy groups -OCH3 is 1. The lowest BCUT2D eigenvalue weighted by Crippen LogP contribution is -2.53. The second-order valence-corrected chi connectivity index (χ2v) is 6.78. The first-order valence-corrected chi connectivity index (χ1v) is 9.50. The molecule has 1 aliphatic rings. The topological polar surface area (TPSA) is 77.1 Å². The molecule has 0 spiro atoms. The number of benzene rings is 2. The van der Waals surface area contributed by atoms with Crippen LogP contribution in [0.5, 0.6) is 5.75 Å². The molecular weight excluding hydrogens is 372 g/mol. The Balaban J connectivity index is 1.50. The van der Waals surface area contributed by atoms with Crippen molar-refractivity contribution < 1.29 is 23.8 Å². The molecule has 0 aromatic heterocycles. The molecule has 0 radical (unpaired) electrons. The first-order valence-electron chi connectivity index (χ1n) is 9.50. The summed E-state index contributed by atoms with van der Waals surface area (Å²) in [4.78, 5) is 26.3.